The Labute approximate surface area is 142 Å². The highest BCUT2D eigenvalue weighted by Crippen LogP contribution is 2.24. The van der Waals surface area contributed by atoms with Crippen molar-refractivity contribution in [2.24, 2.45) is 0 Å². The molecule has 1 amide bonds. The zero-order valence-electron chi connectivity index (χ0n) is 13.2. The van der Waals surface area contributed by atoms with Crippen molar-refractivity contribution in [2.75, 3.05) is 31.1 Å². The minimum absolute atomic E-state index is 0.0462. The van der Waals surface area contributed by atoms with E-state index in [4.69, 9.17) is 0 Å². The second kappa shape index (κ2) is 5.79. The van der Waals surface area contributed by atoms with Crippen molar-refractivity contribution in [3.05, 3.63) is 41.7 Å². The Hall–Kier alpha value is -2.61. The number of anilines is 1. The average Bonchev–Trinajstić information content (AvgIpc) is 3.11. The number of carbonyl (C=O) groups excluding carboxylic acids is 1. The standard InChI is InChI=1S/C16H17N5O2S/c1-11-10-21-15(17-11)24-16(18-21)20-7-5-19(6-8-20)14(23)12-3-2-4-13(22)9-12/h2-4,9-10,22H,5-8H2,1H3. The first-order valence-corrected chi connectivity index (χ1v) is 8.58. The van der Waals surface area contributed by atoms with Crippen LogP contribution in [0, 0.1) is 6.92 Å². The number of imidazole rings is 1. The SMILES string of the molecule is Cc1cn2nc(N3CCN(C(=O)c4cccc(O)c4)CC3)sc2n1. The summed E-state index contributed by atoms with van der Waals surface area (Å²) in [5, 5.41) is 15.0. The maximum Gasteiger partial charge on any atom is 0.254 e. The first kappa shape index (κ1) is 14.9. The van der Waals surface area contributed by atoms with Crippen LogP contribution in [0.5, 0.6) is 5.75 Å². The highest BCUT2D eigenvalue weighted by Gasteiger charge is 2.24. The molecule has 24 heavy (non-hydrogen) atoms. The monoisotopic (exact) mass is 343 g/mol. The summed E-state index contributed by atoms with van der Waals surface area (Å²) in [7, 11) is 0. The molecule has 0 saturated carbocycles. The number of amides is 1. The van der Waals surface area contributed by atoms with Gasteiger partial charge in [-0.15, -0.1) is 5.10 Å². The maximum absolute atomic E-state index is 12.5. The maximum atomic E-state index is 12.5. The summed E-state index contributed by atoms with van der Waals surface area (Å²) in [6, 6.07) is 6.49. The van der Waals surface area contributed by atoms with Crippen LogP contribution >= 0.6 is 11.3 Å². The summed E-state index contributed by atoms with van der Waals surface area (Å²) >= 11 is 1.56. The predicted octanol–water partition coefficient (Wildman–Crippen LogP) is 1.77. The third-order valence-electron chi connectivity index (χ3n) is 4.08. The number of hydrogen-bond donors (Lipinski definition) is 1. The van der Waals surface area contributed by atoms with E-state index in [9.17, 15) is 9.90 Å². The van der Waals surface area contributed by atoms with E-state index in [1.165, 1.54) is 6.07 Å². The summed E-state index contributed by atoms with van der Waals surface area (Å²) in [4.78, 5) is 21.8. The molecule has 7 nitrogen and oxygen atoms in total. The smallest absolute Gasteiger partial charge is 0.254 e. The number of piperazine rings is 1. The number of phenolic OH excluding ortho intramolecular Hbond substituents is 1. The minimum atomic E-state index is -0.0462. The van der Waals surface area contributed by atoms with Gasteiger partial charge in [0.15, 0.2) is 0 Å². The molecule has 0 aliphatic carbocycles. The quantitative estimate of drug-likeness (QED) is 0.768. The molecule has 3 heterocycles. The molecule has 4 rings (SSSR count). The van der Waals surface area contributed by atoms with Crippen molar-refractivity contribution in [2.45, 2.75) is 6.92 Å². The molecule has 1 aliphatic heterocycles. The second-order valence-corrected chi connectivity index (χ2v) is 6.76. The number of hydrogen-bond acceptors (Lipinski definition) is 6. The van der Waals surface area contributed by atoms with Crippen LogP contribution in [-0.2, 0) is 0 Å². The van der Waals surface area contributed by atoms with Crippen molar-refractivity contribution >= 4 is 27.3 Å². The zero-order valence-corrected chi connectivity index (χ0v) is 14.0. The molecule has 0 unspecified atom stereocenters. The predicted molar refractivity (Wildman–Crippen MR) is 91.8 cm³/mol. The summed E-state index contributed by atoms with van der Waals surface area (Å²) < 4.78 is 1.81. The number of aromatic nitrogens is 3. The van der Waals surface area contributed by atoms with Crippen LogP contribution in [0.4, 0.5) is 5.13 Å². The number of benzene rings is 1. The lowest BCUT2D eigenvalue weighted by Gasteiger charge is -2.34. The lowest BCUT2D eigenvalue weighted by molar-refractivity contribution is 0.0746. The van der Waals surface area contributed by atoms with Gasteiger partial charge in [0.05, 0.1) is 11.9 Å². The largest absolute Gasteiger partial charge is 0.508 e. The molecule has 1 aliphatic rings. The van der Waals surface area contributed by atoms with Gasteiger partial charge in [0.1, 0.15) is 5.75 Å². The van der Waals surface area contributed by atoms with Gasteiger partial charge in [0, 0.05) is 31.7 Å². The van der Waals surface area contributed by atoms with Gasteiger partial charge >= 0.3 is 0 Å². The molecule has 0 atom stereocenters. The van der Waals surface area contributed by atoms with E-state index in [0.717, 1.165) is 28.9 Å². The lowest BCUT2D eigenvalue weighted by atomic mass is 10.1. The molecule has 3 aromatic rings. The molecule has 0 radical (unpaired) electrons. The van der Waals surface area contributed by atoms with Crippen LogP contribution in [0.1, 0.15) is 16.1 Å². The van der Waals surface area contributed by atoms with E-state index in [1.807, 2.05) is 18.0 Å². The number of nitrogens with zero attached hydrogens (tertiary/aromatic N) is 5. The van der Waals surface area contributed by atoms with Gasteiger partial charge in [0.25, 0.3) is 5.91 Å². The van der Waals surface area contributed by atoms with E-state index in [2.05, 4.69) is 15.0 Å². The summed E-state index contributed by atoms with van der Waals surface area (Å²) in [6.45, 7) is 4.69. The van der Waals surface area contributed by atoms with Gasteiger partial charge < -0.3 is 14.9 Å². The molecule has 1 N–H and O–H groups in total. The third kappa shape index (κ3) is 2.69. The molecule has 1 fully saturated rings. The van der Waals surface area contributed by atoms with E-state index in [0.29, 0.717) is 18.7 Å². The van der Waals surface area contributed by atoms with Crippen molar-refractivity contribution in [1.82, 2.24) is 19.5 Å². The minimum Gasteiger partial charge on any atom is -0.508 e. The van der Waals surface area contributed by atoms with Gasteiger partial charge in [0.2, 0.25) is 10.1 Å². The van der Waals surface area contributed by atoms with Gasteiger partial charge in [-0.05, 0) is 25.1 Å². The highest BCUT2D eigenvalue weighted by atomic mass is 32.1. The number of carbonyl (C=O) groups is 1. The fourth-order valence-electron chi connectivity index (χ4n) is 2.85. The molecule has 8 heteroatoms. The Balaban J connectivity index is 1.44. The van der Waals surface area contributed by atoms with Gasteiger partial charge in [-0.2, -0.15) is 0 Å². The van der Waals surface area contributed by atoms with Crippen LogP contribution < -0.4 is 4.90 Å². The Morgan fingerprint density at radius 3 is 2.75 bits per heavy atom. The van der Waals surface area contributed by atoms with Crippen LogP contribution in [0.25, 0.3) is 4.96 Å². The molecular weight excluding hydrogens is 326 g/mol. The number of aromatic hydroxyl groups is 1. The zero-order chi connectivity index (χ0) is 16.7. The van der Waals surface area contributed by atoms with E-state index in [-0.39, 0.29) is 11.7 Å². The Morgan fingerprint density at radius 1 is 1.25 bits per heavy atom. The average molecular weight is 343 g/mol. The molecule has 0 spiro atoms. The van der Waals surface area contributed by atoms with Crippen LogP contribution in [0.2, 0.25) is 0 Å². The summed E-state index contributed by atoms with van der Waals surface area (Å²) in [5.41, 5.74) is 1.48. The second-order valence-electron chi connectivity index (χ2n) is 5.82. The van der Waals surface area contributed by atoms with Crippen molar-refractivity contribution in [3.63, 3.8) is 0 Å². The highest BCUT2D eigenvalue weighted by molar-refractivity contribution is 7.20. The normalized spacial score (nSPS) is 15.2. The topological polar surface area (TPSA) is 74.0 Å². The Bertz CT molecular complexity index is 863. The number of aryl methyl sites for hydroxylation is 1. The molecule has 2 aromatic heterocycles. The fraction of sp³-hybridized carbons (Fsp3) is 0.312. The van der Waals surface area contributed by atoms with E-state index in [1.54, 1.807) is 34.1 Å². The lowest BCUT2D eigenvalue weighted by Crippen LogP contribution is -2.48. The fourth-order valence-corrected chi connectivity index (χ4v) is 3.83. The molecule has 124 valence electrons. The summed E-state index contributed by atoms with van der Waals surface area (Å²) in [6.07, 6.45) is 1.91. The number of phenols is 1. The van der Waals surface area contributed by atoms with E-state index < -0.39 is 0 Å². The molecule has 1 saturated heterocycles. The van der Waals surface area contributed by atoms with Crippen LogP contribution in [0.3, 0.4) is 0 Å². The number of fused-ring (bicyclic) bond motifs is 1. The Kier molecular flexibility index (Phi) is 3.61. The van der Waals surface area contributed by atoms with Crippen molar-refractivity contribution < 1.29 is 9.90 Å². The van der Waals surface area contributed by atoms with Crippen molar-refractivity contribution in [1.29, 1.82) is 0 Å². The first-order valence-electron chi connectivity index (χ1n) is 7.76. The first-order chi connectivity index (χ1) is 11.6. The third-order valence-corrected chi connectivity index (χ3v) is 5.07. The molecule has 0 bridgehead atoms. The van der Waals surface area contributed by atoms with Gasteiger partial charge in [-0.25, -0.2) is 9.50 Å². The van der Waals surface area contributed by atoms with Gasteiger partial charge in [-0.3, -0.25) is 4.79 Å². The van der Waals surface area contributed by atoms with Crippen LogP contribution in [-0.4, -0.2) is 56.7 Å². The van der Waals surface area contributed by atoms with Gasteiger partial charge in [-0.1, -0.05) is 17.4 Å². The summed E-state index contributed by atoms with van der Waals surface area (Å²) in [5.74, 6) is 0.0658. The van der Waals surface area contributed by atoms with Crippen LogP contribution in [0.15, 0.2) is 30.5 Å². The number of rotatable bonds is 2. The van der Waals surface area contributed by atoms with Crippen molar-refractivity contribution in [3.8, 4) is 5.75 Å². The molecular formula is C16H17N5O2S. The Morgan fingerprint density at radius 2 is 2.04 bits per heavy atom. The molecule has 1 aromatic carbocycles. The van der Waals surface area contributed by atoms with E-state index >= 15 is 0 Å².